The number of amides is 1. The highest BCUT2D eigenvalue weighted by Gasteiger charge is 2.23. The Hall–Kier alpha value is -0.690. The van der Waals surface area contributed by atoms with Crippen molar-refractivity contribution in [3.63, 3.8) is 0 Å². The minimum Gasteiger partial charge on any atom is -0.377 e. The molecule has 0 bridgehead atoms. The van der Waals surface area contributed by atoms with Gasteiger partial charge in [-0.2, -0.15) is 0 Å². The maximum Gasteiger partial charge on any atom is 0.223 e. The molecule has 6 nitrogen and oxygen atoms in total. The van der Waals surface area contributed by atoms with E-state index in [-0.39, 0.29) is 17.9 Å². The lowest BCUT2D eigenvalue weighted by Gasteiger charge is -2.25. The number of rotatable bonds is 14. The molecule has 1 rings (SSSR count). The largest absolute Gasteiger partial charge is 0.377 e. The molecule has 1 aliphatic rings. The Morgan fingerprint density at radius 3 is 1.96 bits per heavy atom. The third-order valence-electron chi connectivity index (χ3n) is 4.36. The third kappa shape index (κ3) is 12.3. The van der Waals surface area contributed by atoms with Crippen LogP contribution in [0.4, 0.5) is 0 Å². The molecule has 0 radical (unpaired) electrons. The monoisotopic (exact) mass is 359 g/mol. The summed E-state index contributed by atoms with van der Waals surface area (Å²) in [5.41, 5.74) is 0. The maximum atomic E-state index is 12.0. The van der Waals surface area contributed by atoms with Crippen molar-refractivity contribution in [2.24, 2.45) is 11.8 Å². The lowest BCUT2D eigenvalue weighted by atomic mass is 9.82. The average molecular weight is 360 g/mol. The van der Waals surface area contributed by atoms with E-state index in [2.05, 4.69) is 12.2 Å². The van der Waals surface area contributed by atoms with Gasteiger partial charge in [-0.1, -0.05) is 6.92 Å². The van der Waals surface area contributed by atoms with Gasteiger partial charge in [0.15, 0.2) is 0 Å². The van der Waals surface area contributed by atoms with Crippen LogP contribution in [0.15, 0.2) is 0 Å². The number of carbonyl (C=O) groups is 1. The summed E-state index contributed by atoms with van der Waals surface area (Å²) < 4.78 is 21.6. The third-order valence-corrected chi connectivity index (χ3v) is 4.36. The van der Waals surface area contributed by atoms with Crippen molar-refractivity contribution in [3.8, 4) is 0 Å². The first kappa shape index (κ1) is 22.4. The van der Waals surface area contributed by atoms with Gasteiger partial charge in [-0.15, -0.1) is 0 Å². The molecule has 0 aromatic carbocycles. The smallest absolute Gasteiger partial charge is 0.223 e. The van der Waals surface area contributed by atoms with E-state index in [1.54, 1.807) is 0 Å². The van der Waals surface area contributed by atoms with Gasteiger partial charge < -0.3 is 24.3 Å². The molecule has 1 fully saturated rings. The van der Waals surface area contributed by atoms with Crippen LogP contribution in [0.25, 0.3) is 0 Å². The van der Waals surface area contributed by atoms with Crippen molar-refractivity contribution in [2.75, 3.05) is 52.8 Å². The average Bonchev–Trinajstić information content (AvgIpc) is 2.59. The molecule has 0 atom stereocenters. The number of hydrogen-bond donors (Lipinski definition) is 1. The molecule has 0 heterocycles. The molecule has 0 spiro atoms. The lowest BCUT2D eigenvalue weighted by Crippen LogP contribution is -2.35. The molecule has 1 N–H and O–H groups in total. The molecule has 0 aromatic rings. The van der Waals surface area contributed by atoms with Crippen LogP contribution in [0.2, 0.25) is 0 Å². The van der Waals surface area contributed by atoms with Crippen LogP contribution < -0.4 is 5.32 Å². The van der Waals surface area contributed by atoms with Gasteiger partial charge in [-0.05, 0) is 45.4 Å². The number of hydrogen-bond acceptors (Lipinski definition) is 5. The molecule has 1 aliphatic carbocycles. The van der Waals surface area contributed by atoms with E-state index in [0.717, 1.165) is 18.8 Å². The van der Waals surface area contributed by atoms with Crippen molar-refractivity contribution in [1.82, 2.24) is 5.32 Å². The van der Waals surface area contributed by atoms with Crippen LogP contribution in [0.3, 0.4) is 0 Å². The number of carbonyl (C=O) groups excluding carboxylic acids is 1. The molecule has 0 saturated heterocycles. The first-order valence-electron chi connectivity index (χ1n) is 9.72. The predicted octanol–water partition coefficient (Wildman–Crippen LogP) is 2.40. The van der Waals surface area contributed by atoms with E-state index in [1.807, 2.05) is 13.8 Å². The Bertz CT molecular complexity index is 330. The summed E-state index contributed by atoms with van der Waals surface area (Å²) in [4.78, 5) is 12.0. The van der Waals surface area contributed by atoms with Crippen LogP contribution in [0.1, 0.15) is 46.5 Å². The Morgan fingerprint density at radius 2 is 1.40 bits per heavy atom. The molecule has 0 aromatic heterocycles. The summed E-state index contributed by atoms with van der Waals surface area (Å²) in [5, 5.41) is 2.97. The van der Waals surface area contributed by atoms with Crippen LogP contribution in [-0.2, 0) is 23.7 Å². The van der Waals surface area contributed by atoms with Gasteiger partial charge in [0.1, 0.15) is 0 Å². The summed E-state index contributed by atoms with van der Waals surface area (Å²) >= 11 is 0. The van der Waals surface area contributed by atoms with Gasteiger partial charge in [0.25, 0.3) is 0 Å². The van der Waals surface area contributed by atoms with E-state index in [0.29, 0.717) is 52.8 Å². The number of ether oxygens (including phenoxy) is 4. The highest BCUT2D eigenvalue weighted by Crippen LogP contribution is 2.28. The zero-order valence-corrected chi connectivity index (χ0v) is 16.3. The maximum absolute atomic E-state index is 12.0. The van der Waals surface area contributed by atoms with Crippen molar-refractivity contribution in [1.29, 1.82) is 0 Å². The van der Waals surface area contributed by atoms with E-state index in [1.165, 1.54) is 12.8 Å². The van der Waals surface area contributed by atoms with Gasteiger partial charge in [-0.3, -0.25) is 4.79 Å². The summed E-state index contributed by atoms with van der Waals surface area (Å²) in [6, 6.07) is 0. The zero-order chi connectivity index (χ0) is 18.3. The lowest BCUT2D eigenvalue weighted by molar-refractivity contribution is -0.126. The van der Waals surface area contributed by atoms with Gasteiger partial charge in [0.2, 0.25) is 5.91 Å². The minimum absolute atomic E-state index is 0.186. The molecule has 1 saturated carbocycles. The van der Waals surface area contributed by atoms with Gasteiger partial charge in [0, 0.05) is 12.5 Å². The number of nitrogens with one attached hydrogen (secondary N) is 1. The highest BCUT2D eigenvalue weighted by molar-refractivity contribution is 5.78. The summed E-state index contributed by atoms with van der Waals surface area (Å²) in [5.74, 6) is 1.15. The van der Waals surface area contributed by atoms with Crippen LogP contribution in [-0.4, -0.2) is 64.8 Å². The molecule has 148 valence electrons. The Balaban J connectivity index is 1.79. The Kier molecular flexibility index (Phi) is 12.9. The summed E-state index contributed by atoms with van der Waals surface area (Å²) in [6.07, 6.45) is 4.62. The molecule has 0 unspecified atom stereocenters. The van der Waals surface area contributed by atoms with E-state index >= 15 is 0 Å². The van der Waals surface area contributed by atoms with Crippen LogP contribution >= 0.6 is 0 Å². The summed E-state index contributed by atoms with van der Waals surface area (Å²) in [7, 11) is 0. The molecule has 0 aliphatic heterocycles. The first-order chi connectivity index (χ1) is 12.1. The van der Waals surface area contributed by atoms with Crippen molar-refractivity contribution in [3.05, 3.63) is 0 Å². The predicted molar refractivity (Wildman–Crippen MR) is 97.7 cm³/mol. The van der Waals surface area contributed by atoms with Gasteiger partial charge in [0.05, 0.1) is 52.4 Å². The normalized spacial score (nSPS) is 20.8. The Labute approximate surface area is 152 Å². The molecular formula is C19H37NO5. The highest BCUT2D eigenvalue weighted by atomic mass is 16.6. The van der Waals surface area contributed by atoms with E-state index < -0.39 is 0 Å². The first-order valence-corrected chi connectivity index (χ1v) is 9.72. The quantitative estimate of drug-likeness (QED) is 0.483. The summed E-state index contributed by atoms with van der Waals surface area (Å²) in [6.45, 7) is 10.8. The Morgan fingerprint density at radius 1 is 0.880 bits per heavy atom. The molecule has 1 amide bonds. The van der Waals surface area contributed by atoms with Crippen molar-refractivity contribution < 1.29 is 23.7 Å². The molecular weight excluding hydrogens is 322 g/mol. The molecule has 25 heavy (non-hydrogen) atoms. The fourth-order valence-electron chi connectivity index (χ4n) is 2.80. The fraction of sp³-hybridized carbons (Fsp3) is 0.947. The fourth-order valence-corrected chi connectivity index (χ4v) is 2.80. The topological polar surface area (TPSA) is 66.0 Å². The van der Waals surface area contributed by atoms with E-state index in [4.69, 9.17) is 18.9 Å². The van der Waals surface area contributed by atoms with Gasteiger partial charge in [-0.25, -0.2) is 0 Å². The van der Waals surface area contributed by atoms with Crippen LogP contribution in [0, 0.1) is 11.8 Å². The van der Waals surface area contributed by atoms with Crippen LogP contribution in [0.5, 0.6) is 0 Å². The van der Waals surface area contributed by atoms with Gasteiger partial charge >= 0.3 is 0 Å². The second kappa shape index (κ2) is 14.5. The second-order valence-electron chi connectivity index (χ2n) is 7.00. The molecule has 6 heteroatoms. The standard InChI is InChI=1S/C19H37NO5/c1-16(2)25-15-14-24-13-12-23-11-10-22-9-8-20-19(21)18-6-4-17(3)5-7-18/h16-18H,4-15H2,1-3H3,(H,20,21). The minimum atomic E-state index is 0.186. The zero-order valence-electron chi connectivity index (χ0n) is 16.3. The van der Waals surface area contributed by atoms with E-state index in [9.17, 15) is 4.79 Å². The SMILES string of the molecule is CC1CCC(C(=O)NCCOCCOCCOCCOC(C)C)CC1. The van der Waals surface area contributed by atoms with Crippen molar-refractivity contribution >= 4 is 5.91 Å². The van der Waals surface area contributed by atoms with Crippen molar-refractivity contribution in [2.45, 2.75) is 52.6 Å². The second-order valence-corrected chi connectivity index (χ2v) is 7.00.